The van der Waals surface area contributed by atoms with Crippen LogP contribution in [-0.4, -0.2) is 33.4 Å². The molecule has 2 heterocycles. The van der Waals surface area contributed by atoms with Crippen molar-refractivity contribution in [3.05, 3.63) is 51.6 Å². The van der Waals surface area contributed by atoms with Crippen molar-refractivity contribution in [3.8, 4) is 45.6 Å². The van der Waals surface area contributed by atoms with E-state index in [0.29, 0.717) is 23.0 Å². The fourth-order valence-corrected chi connectivity index (χ4v) is 4.29. The van der Waals surface area contributed by atoms with Crippen molar-refractivity contribution in [2.24, 2.45) is 0 Å². The van der Waals surface area contributed by atoms with E-state index < -0.39 is 0 Å². The topological polar surface area (TPSA) is 63.0 Å². The maximum Gasteiger partial charge on any atom is 0.161 e. The third kappa shape index (κ3) is 3.78. The predicted molar refractivity (Wildman–Crippen MR) is 129 cm³/mol. The number of ether oxygens (including phenoxy) is 4. The van der Waals surface area contributed by atoms with Crippen molar-refractivity contribution < 1.29 is 23.4 Å². The lowest BCUT2D eigenvalue weighted by molar-refractivity contribution is 0.355. The van der Waals surface area contributed by atoms with E-state index in [1.165, 1.54) is 0 Å². The van der Waals surface area contributed by atoms with Gasteiger partial charge in [0.1, 0.15) is 5.52 Å². The molecule has 6 nitrogen and oxygen atoms in total. The summed E-state index contributed by atoms with van der Waals surface area (Å²) < 4.78 is 28.8. The largest absolute Gasteiger partial charge is 0.493 e. The van der Waals surface area contributed by atoms with E-state index in [1.54, 1.807) is 28.4 Å². The summed E-state index contributed by atoms with van der Waals surface area (Å²) in [4.78, 5) is 4.91. The molecule has 2 aromatic heterocycles. The van der Waals surface area contributed by atoms with Crippen LogP contribution in [0.4, 0.5) is 0 Å². The SMILES string of the molecule is COc1ccc(-c2cc(C)c3oc(-c4ccc(OC)c(OC)c4)c(I)c3n2)cc1OC. The van der Waals surface area contributed by atoms with Crippen LogP contribution in [0.1, 0.15) is 5.56 Å². The van der Waals surface area contributed by atoms with Gasteiger partial charge in [-0.05, 0) is 77.5 Å². The molecule has 0 N–H and O–H groups in total. The summed E-state index contributed by atoms with van der Waals surface area (Å²) in [7, 11) is 6.48. The van der Waals surface area contributed by atoms with Crippen molar-refractivity contribution in [3.63, 3.8) is 0 Å². The number of fused-ring (bicyclic) bond motifs is 1. The average molecular weight is 531 g/mol. The third-order valence-corrected chi connectivity index (χ3v) is 6.10. The molecule has 160 valence electrons. The number of rotatable bonds is 6. The molecule has 0 spiro atoms. The second-order valence-electron chi connectivity index (χ2n) is 6.89. The van der Waals surface area contributed by atoms with E-state index in [-0.39, 0.29) is 0 Å². The Balaban J connectivity index is 1.85. The van der Waals surface area contributed by atoms with Gasteiger partial charge < -0.3 is 23.4 Å². The highest BCUT2D eigenvalue weighted by Crippen LogP contribution is 2.40. The van der Waals surface area contributed by atoms with Crippen molar-refractivity contribution in [1.29, 1.82) is 0 Å². The van der Waals surface area contributed by atoms with Crippen LogP contribution in [0, 0.1) is 10.5 Å². The van der Waals surface area contributed by atoms with E-state index in [4.69, 9.17) is 28.3 Å². The van der Waals surface area contributed by atoms with Crippen LogP contribution in [0.3, 0.4) is 0 Å². The van der Waals surface area contributed by atoms with Crippen LogP contribution >= 0.6 is 22.6 Å². The molecule has 0 saturated heterocycles. The first-order chi connectivity index (χ1) is 15.0. The number of halogens is 1. The van der Waals surface area contributed by atoms with Gasteiger partial charge in [-0.15, -0.1) is 0 Å². The van der Waals surface area contributed by atoms with Gasteiger partial charge in [0, 0.05) is 11.1 Å². The first kappa shape index (κ1) is 21.3. The molecule has 0 unspecified atom stereocenters. The Morgan fingerprint density at radius 2 is 1.29 bits per heavy atom. The van der Waals surface area contributed by atoms with Gasteiger partial charge in [-0.2, -0.15) is 0 Å². The number of furan rings is 1. The second kappa shape index (κ2) is 8.66. The Labute approximate surface area is 194 Å². The minimum absolute atomic E-state index is 0.645. The summed E-state index contributed by atoms with van der Waals surface area (Å²) in [5, 5.41) is 0. The lowest BCUT2D eigenvalue weighted by Crippen LogP contribution is -1.92. The first-order valence-electron chi connectivity index (χ1n) is 9.55. The lowest BCUT2D eigenvalue weighted by atomic mass is 10.1. The Bertz CT molecular complexity index is 1260. The van der Waals surface area contributed by atoms with E-state index >= 15 is 0 Å². The number of benzene rings is 2. The van der Waals surface area contributed by atoms with Gasteiger partial charge in [-0.1, -0.05) is 0 Å². The van der Waals surface area contributed by atoms with E-state index in [0.717, 1.165) is 42.8 Å². The Morgan fingerprint density at radius 3 is 1.87 bits per heavy atom. The molecule has 4 aromatic rings. The van der Waals surface area contributed by atoms with E-state index in [9.17, 15) is 0 Å². The van der Waals surface area contributed by atoms with Crippen LogP contribution < -0.4 is 18.9 Å². The molecule has 4 rings (SSSR count). The summed E-state index contributed by atoms with van der Waals surface area (Å²) in [6.45, 7) is 2.02. The molecule has 0 atom stereocenters. The number of aromatic nitrogens is 1. The van der Waals surface area contributed by atoms with E-state index in [1.807, 2.05) is 49.4 Å². The molecule has 7 heteroatoms. The predicted octanol–water partition coefficient (Wildman–Crippen LogP) is 6.11. The van der Waals surface area contributed by atoms with Gasteiger partial charge in [0.2, 0.25) is 0 Å². The summed E-state index contributed by atoms with van der Waals surface area (Å²) in [6, 6.07) is 13.5. The molecule has 0 amide bonds. The maximum absolute atomic E-state index is 6.25. The van der Waals surface area contributed by atoms with Crippen LogP contribution in [0.5, 0.6) is 23.0 Å². The molecular weight excluding hydrogens is 509 g/mol. The number of hydrogen-bond acceptors (Lipinski definition) is 6. The highest BCUT2D eigenvalue weighted by molar-refractivity contribution is 14.1. The minimum Gasteiger partial charge on any atom is -0.493 e. The van der Waals surface area contributed by atoms with Crippen LogP contribution in [0.25, 0.3) is 33.7 Å². The molecule has 0 aliphatic heterocycles. The fraction of sp³-hybridized carbons (Fsp3) is 0.208. The zero-order chi connectivity index (χ0) is 22.1. The molecule has 2 aromatic carbocycles. The van der Waals surface area contributed by atoms with Crippen LogP contribution in [0.2, 0.25) is 0 Å². The molecule has 0 saturated carbocycles. The summed E-state index contributed by atoms with van der Waals surface area (Å²) >= 11 is 2.28. The van der Waals surface area contributed by atoms with Gasteiger partial charge >= 0.3 is 0 Å². The number of aryl methyl sites for hydroxylation is 1. The number of nitrogens with zero attached hydrogens (tertiary/aromatic N) is 1. The lowest BCUT2D eigenvalue weighted by Gasteiger charge is -2.10. The first-order valence-corrected chi connectivity index (χ1v) is 10.6. The normalized spacial score (nSPS) is 10.9. The Morgan fingerprint density at radius 1 is 0.742 bits per heavy atom. The number of hydrogen-bond donors (Lipinski definition) is 0. The zero-order valence-electron chi connectivity index (χ0n) is 17.9. The molecule has 31 heavy (non-hydrogen) atoms. The standard InChI is InChI=1S/C24H22INO5/c1-13-10-16(14-6-8-17(27-2)19(11-14)29-4)26-22-21(25)24(31-23(13)22)15-7-9-18(28-3)20(12-15)30-5/h6-12H,1-5H3. The molecule has 0 fully saturated rings. The molecule has 0 aliphatic carbocycles. The highest BCUT2D eigenvalue weighted by atomic mass is 127. The zero-order valence-corrected chi connectivity index (χ0v) is 20.1. The fourth-order valence-electron chi connectivity index (χ4n) is 3.50. The van der Waals surface area contributed by atoms with Gasteiger partial charge in [0.15, 0.2) is 34.3 Å². The van der Waals surface area contributed by atoms with Gasteiger partial charge in [0.05, 0.1) is 37.7 Å². The van der Waals surface area contributed by atoms with Crippen molar-refractivity contribution in [2.75, 3.05) is 28.4 Å². The van der Waals surface area contributed by atoms with Crippen molar-refractivity contribution >= 4 is 33.7 Å². The summed E-state index contributed by atoms with van der Waals surface area (Å²) in [5.41, 5.74) is 5.25. The monoisotopic (exact) mass is 531 g/mol. The summed E-state index contributed by atoms with van der Waals surface area (Å²) in [6.07, 6.45) is 0. The van der Waals surface area contributed by atoms with Crippen LogP contribution in [0.15, 0.2) is 46.9 Å². The molecule has 0 aliphatic rings. The van der Waals surface area contributed by atoms with Gasteiger partial charge in [-0.3, -0.25) is 0 Å². The average Bonchev–Trinajstić information content (AvgIpc) is 3.15. The molecule has 0 bridgehead atoms. The van der Waals surface area contributed by atoms with Crippen molar-refractivity contribution in [1.82, 2.24) is 4.98 Å². The van der Waals surface area contributed by atoms with Gasteiger partial charge in [0.25, 0.3) is 0 Å². The molecular formula is C24H22INO5. The minimum atomic E-state index is 0.645. The quantitative estimate of drug-likeness (QED) is 0.280. The van der Waals surface area contributed by atoms with E-state index in [2.05, 4.69) is 22.6 Å². The third-order valence-electron chi connectivity index (χ3n) is 5.10. The highest BCUT2D eigenvalue weighted by Gasteiger charge is 2.20. The number of methoxy groups -OCH3 is 4. The Hall–Kier alpha value is -2.94. The smallest absolute Gasteiger partial charge is 0.161 e. The summed E-state index contributed by atoms with van der Waals surface area (Å²) in [5.74, 6) is 3.40. The number of pyridine rings is 1. The van der Waals surface area contributed by atoms with Crippen molar-refractivity contribution in [2.45, 2.75) is 6.92 Å². The molecule has 0 radical (unpaired) electrons. The second-order valence-corrected chi connectivity index (χ2v) is 7.97. The maximum atomic E-state index is 6.25. The van der Waals surface area contributed by atoms with Gasteiger partial charge in [-0.25, -0.2) is 4.98 Å². The Kier molecular flexibility index (Phi) is 5.95. The van der Waals surface area contributed by atoms with Crippen LogP contribution in [-0.2, 0) is 0 Å².